The van der Waals surface area contributed by atoms with E-state index in [1.165, 1.54) is 0 Å². The van der Waals surface area contributed by atoms with Crippen LogP contribution in [-0.2, 0) is 16.1 Å². The van der Waals surface area contributed by atoms with Crippen LogP contribution in [0.1, 0.15) is 25.2 Å². The predicted molar refractivity (Wildman–Crippen MR) is 110 cm³/mol. The third-order valence-corrected chi connectivity index (χ3v) is 6.45. The number of thiophene rings is 1. The van der Waals surface area contributed by atoms with Crippen molar-refractivity contribution in [1.82, 2.24) is 25.3 Å². The Hall–Kier alpha value is -1.81. The topological polar surface area (TPSA) is 83.7 Å². The molecule has 0 aromatic carbocycles. The number of aromatic nitrogens is 2. The molecular formula is C20H29N5O3S. The van der Waals surface area contributed by atoms with Gasteiger partial charge in [0.05, 0.1) is 24.6 Å². The van der Waals surface area contributed by atoms with Gasteiger partial charge in [-0.05, 0) is 50.3 Å². The third-order valence-electron chi connectivity index (χ3n) is 5.58. The first-order valence-electron chi connectivity index (χ1n) is 10.4. The molecule has 0 saturated carbocycles. The minimum Gasteiger partial charge on any atom is -0.379 e. The van der Waals surface area contributed by atoms with Crippen LogP contribution in [0.5, 0.6) is 0 Å². The van der Waals surface area contributed by atoms with Crippen LogP contribution in [0.2, 0.25) is 0 Å². The van der Waals surface area contributed by atoms with Crippen molar-refractivity contribution in [3.8, 4) is 10.7 Å². The van der Waals surface area contributed by atoms with E-state index in [-0.39, 0.29) is 11.8 Å². The van der Waals surface area contributed by atoms with E-state index in [1.807, 2.05) is 17.5 Å². The molecule has 2 aliphatic rings. The molecule has 0 radical (unpaired) electrons. The number of rotatable bonds is 8. The van der Waals surface area contributed by atoms with Gasteiger partial charge in [-0.3, -0.25) is 14.6 Å². The van der Waals surface area contributed by atoms with Crippen molar-refractivity contribution in [1.29, 1.82) is 0 Å². The van der Waals surface area contributed by atoms with Gasteiger partial charge in [-0.25, -0.2) is 0 Å². The lowest BCUT2D eigenvalue weighted by molar-refractivity contribution is -0.126. The molecule has 9 heteroatoms. The number of amides is 1. The molecule has 29 heavy (non-hydrogen) atoms. The van der Waals surface area contributed by atoms with Crippen molar-refractivity contribution >= 4 is 17.2 Å². The first-order chi connectivity index (χ1) is 14.3. The highest BCUT2D eigenvalue weighted by atomic mass is 32.1. The van der Waals surface area contributed by atoms with Crippen LogP contribution in [0.4, 0.5) is 0 Å². The lowest BCUT2D eigenvalue weighted by Crippen LogP contribution is -2.41. The quantitative estimate of drug-likeness (QED) is 0.654. The Balaban J connectivity index is 1.13. The molecule has 4 rings (SSSR count). The van der Waals surface area contributed by atoms with Gasteiger partial charge in [0.2, 0.25) is 17.6 Å². The normalized spacial score (nSPS) is 19.4. The zero-order valence-corrected chi connectivity index (χ0v) is 17.5. The van der Waals surface area contributed by atoms with Crippen molar-refractivity contribution in [3.05, 3.63) is 23.4 Å². The van der Waals surface area contributed by atoms with E-state index < -0.39 is 0 Å². The van der Waals surface area contributed by atoms with E-state index in [1.54, 1.807) is 11.3 Å². The summed E-state index contributed by atoms with van der Waals surface area (Å²) in [5.74, 6) is 1.60. The van der Waals surface area contributed by atoms with E-state index in [2.05, 4.69) is 25.3 Å². The Morgan fingerprint density at radius 3 is 2.79 bits per heavy atom. The van der Waals surface area contributed by atoms with E-state index in [0.29, 0.717) is 18.3 Å². The van der Waals surface area contributed by atoms with Gasteiger partial charge in [-0.1, -0.05) is 11.2 Å². The Labute approximate surface area is 175 Å². The van der Waals surface area contributed by atoms with Gasteiger partial charge in [-0.15, -0.1) is 11.3 Å². The number of hydrogen-bond acceptors (Lipinski definition) is 8. The van der Waals surface area contributed by atoms with Crippen molar-refractivity contribution in [3.63, 3.8) is 0 Å². The van der Waals surface area contributed by atoms with Gasteiger partial charge in [0, 0.05) is 25.6 Å². The summed E-state index contributed by atoms with van der Waals surface area (Å²) in [6, 6.07) is 3.97. The molecule has 4 heterocycles. The smallest absolute Gasteiger partial charge is 0.241 e. The van der Waals surface area contributed by atoms with Crippen molar-refractivity contribution < 1.29 is 14.1 Å². The lowest BCUT2D eigenvalue weighted by atomic mass is 9.96. The second-order valence-corrected chi connectivity index (χ2v) is 8.59. The molecule has 158 valence electrons. The second kappa shape index (κ2) is 10.3. The zero-order valence-electron chi connectivity index (χ0n) is 16.7. The molecule has 2 fully saturated rings. The summed E-state index contributed by atoms with van der Waals surface area (Å²) in [6.07, 6.45) is 2.75. The lowest BCUT2D eigenvalue weighted by Gasteiger charge is -2.30. The number of morpholine rings is 1. The summed E-state index contributed by atoms with van der Waals surface area (Å²) in [5, 5.41) is 9.19. The maximum Gasteiger partial charge on any atom is 0.241 e. The molecule has 1 N–H and O–H groups in total. The van der Waals surface area contributed by atoms with Crippen LogP contribution in [0.25, 0.3) is 10.7 Å². The van der Waals surface area contributed by atoms with Crippen LogP contribution in [-0.4, -0.2) is 78.3 Å². The summed E-state index contributed by atoms with van der Waals surface area (Å²) >= 11 is 1.60. The number of ether oxygens (including phenoxy) is 1. The van der Waals surface area contributed by atoms with Crippen molar-refractivity contribution in [2.75, 3.05) is 52.5 Å². The highest BCUT2D eigenvalue weighted by Crippen LogP contribution is 2.23. The van der Waals surface area contributed by atoms with Gasteiger partial charge >= 0.3 is 0 Å². The number of carbonyl (C=O) groups excluding carboxylic acids is 1. The molecule has 2 aromatic heterocycles. The Bertz CT molecular complexity index is 752. The molecule has 2 aromatic rings. The average Bonchev–Trinajstić information content (AvgIpc) is 3.44. The first-order valence-corrected chi connectivity index (χ1v) is 11.3. The summed E-state index contributed by atoms with van der Waals surface area (Å²) in [5.41, 5.74) is 0. The molecule has 0 unspecified atom stereocenters. The van der Waals surface area contributed by atoms with E-state index in [0.717, 1.165) is 76.6 Å². The number of piperidine rings is 1. The standard InChI is InChI=1S/C20H29N5O3S/c26-20(21-6-2-7-24-10-12-27-13-11-24)16-4-8-25(9-5-16)15-18-22-19(23-28-18)17-3-1-14-29-17/h1,3,14,16H,2,4-13,15H2,(H,21,26). The van der Waals surface area contributed by atoms with Gasteiger partial charge in [0.15, 0.2) is 0 Å². The van der Waals surface area contributed by atoms with Crippen LogP contribution in [0, 0.1) is 5.92 Å². The number of nitrogens with one attached hydrogen (secondary N) is 1. The molecule has 1 amide bonds. The number of carbonyl (C=O) groups is 1. The molecule has 0 spiro atoms. The SMILES string of the molecule is O=C(NCCCN1CCOCC1)C1CCN(Cc2nc(-c3cccs3)no2)CC1. The van der Waals surface area contributed by atoms with Crippen molar-refractivity contribution in [2.45, 2.75) is 25.8 Å². The summed E-state index contributed by atoms with van der Waals surface area (Å²) in [7, 11) is 0. The largest absolute Gasteiger partial charge is 0.379 e. The fourth-order valence-electron chi connectivity index (χ4n) is 3.85. The van der Waals surface area contributed by atoms with Gasteiger partial charge in [0.1, 0.15) is 0 Å². The van der Waals surface area contributed by atoms with Gasteiger partial charge in [-0.2, -0.15) is 4.98 Å². The van der Waals surface area contributed by atoms with E-state index >= 15 is 0 Å². The highest BCUT2D eigenvalue weighted by Gasteiger charge is 2.26. The summed E-state index contributed by atoms with van der Waals surface area (Å²) in [4.78, 5) is 22.6. The fraction of sp³-hybridized carbons (Fsp3) is 0.650. The van der Waals surface area contributed by atoms with Crippen molar-refractivity contribution in [2.24, 2.45) is 5.92 Å². The minimum atomic E-state index is 0.110. The molecule has 0 aliphatic carbocycles. The van der Waals surface area contributed by atoms with Gasteiger partial charge in [0.25, 0.3) is 0 Å². The van der Waals surface area contributed by atoms with Crippen LogP contribution in [0.3, 0.4) is 0 Å². The monoisotopic (exact) mass is 419 g/mol. The molecule has 8 nitrogen and oxygen atoms in total. The predicted octanol–water partition coefficient (Wildman–Crippen LogP) is 1.85. The molecule has 2 saturated heterocycles. The summed E-state index contributed by atoms with van der Waals surface area (Å²) in [6.45, 7) is 7.83. The number of likely N-dealkylation sites (tertiary alicyclic amines) is 1. The number of nitrogens with zero attached hydrogens (tertiary/aromatic N) is 4. The van der Waals surface area contributed by atoms with E-state index in [4.69, 9.17) is 9.26 Å². The maximum atomic E-state index is 12.4. The maximum absolute atomic E-state index is 12.4. The fourth-order valence-corrected chi connectivity index (χ4v) is 4.50. The van der Waals surface area contributed by atoms with Crippen LogP contribution >= 0.6 is 11.3 Å². The average molecular weight is 420 g/mol. The van der Waals surface area contributed by atoms with Gasteiger partial charge < -0.3 is 14.6 Å². The highest BCUT2D eigenvalue weighted by molar-refractivity contribution is 7.13. The van der Waals surface area contributed by atoms with Crippen LogP contribution in [0.15, 0.2) is 22.0 Å². The summed E-state index contributed by atoms with van der Waals surface area (Å²) < 4.78 is 10.8. The molecule has 2 aliphatic heterocycles. The minimum absolute atomic E-state index is 0.110. The Morgan fingerprint density at radius 1 is 1.21 bits per heavy atom. The molecule has 0 atom stereocenters. The Morgan fingerprint density at radius 2 is 2.03 bits per heavy atom. The van der Waals surface area contributed by atoms with Crippen LogP contribution < -0.4 is 5.32 Å². The Kier molecular flexibility index (Phi) is 7.26. The number of hydrogen-bond donors (Lipinski definition) is 1. The second-order valence-electron chi connectivity index (χ2n) is 7.64. The first kappa shape index (κ1) is 20.5. The third kappa shape index (κ3) is 5.85. The van der Waals surface area contributed by atoms with E-state index in [9.17, 15) is 4.79 Å². The molecular weight excluding hydrogens is 390 g/mol. The zero-order chi connectivity index (χ0) is 19.9. The molecule has 0 bridgehead atoms.